The quantitative estimate of drug-likeness (QED) is 0.505. The van der Waals surface area contributed by atoms with Crippen LogP contribution in [0.4, 0.5) is 0 Å². The number of hydrogen-bond donors (Lipinski definition) is 1. The molecule has 1 aliphatic carbocycles. The molecule has 0 saturated heterocycles. The first kappa shape index (κ1) is 19.2. The number of ether oxygens (including phenoxy) is 1. The predicted molar refractivity (Wildman–Crippen MR) is 107 cm³/mol. The second-order valence-corrected chi connectivity index (χ2v) is 7.09. The highest BCUT2D eigenvalue weighted by Crippen LogP contribution is 2.33. The second-order valence-electron chi connectivity index (χ2n) is 7.09. The fourth-order valence-electron chi connectivity index (χ4n) is 3.53. The molecule has 144 valence electrons. The smallest absolute Gasteiger partial charge is 0.328 e. The molecule has 0 aliphatic heterocycles. The van der Waals surface area contributed by atoms with Crippen LogP contribution in [0.5, 0.6) is 5.75 Å². The third-order valence-corrected chi connectivity index (χ3v) is 4.99. The van der Waals surface area contributed by atoms with Gasteiger partial charge in [-0.25, -0.2) is 4.79 Å². The number of nitrogens with zero attached hydrogens (tertiary/aromatic N) is 2. The van der Waals surface area contributed by atoms with Crippen molar-refractivity contribution in [2.45, 2.75) is 57.9 Å². The van der Waals surface area contributed by atoms with Crippen LogP contribution in [0.15, 0.2) is 36.4 Å². The minimum Gasteiger partial charge on any atom is -0.494 e. The Morgan fingerprint density at radius 1 is 1.26 bits per heavy atom. The topological polar surface area (TPSA) is 64.3 Å². The molecular weight excluding hydrogens is 340 g/mol. The SMILES string of the molecule is CCCCOc1ccc(-c2cc(/C=C/C(=O)O)nn2C2CCCCC2)cc1. The Balaban J connectivity index is 1.86. The molecule has 1 aliphatic rings. The van der Waals surface area contributed by atoms with E-state index in [2.05, 4.69) is 23.7 Å². The number of rotatable bonds is 8. The number of unbranched alkanes of at least 4 members (excludes halogenated alkanes) is 1. The van der Waals surface area contributed by atoms with Gasteiger partial charge in [0.15, 0.2) is 0 Å². The molecule has 1 aromatic heterocycles. The van der Waals surface area contributed by atoms with Gasteiger partial charge in [-0.2, -0.15) is 5.10 Å². The molecule has 0 atom stereocenters. The molecule has 1 N–H and O–H groups in total. The van der Waals surface area contributed by atoms with Crippen LogP contribution < -0.4 is 4.74 Å². The van der Waals surface area contributed by atoms with Gasteiger partial charge in [-0.15, -0.1) is 0 Å². The van der Waals surface area contributed by atoms with Crippen LogP contribution in [0.25, 0.3) is 17.3 Å². The zero-order chi connectivity index (χ0) is 19.1. The lowest BCUT2D eigenvalue weighted by Gasteiger charge is -2.24. The van der Waals surface area contributed by atoms with E-state index in [0.29, 0.717) is 11.7 Å². The Morgan fingerprint density at radius 3 is 2.67 bits per heavy atom. The standard InChI is InChI=1S/C22H28N2O3/c1-2-3-15-27-20-12-9-17(10-13-20)21-16-18(11-14-22(25)26)23-24(21)19-7-5-4-6-8-19/h9-14,16,19H,2-8,15H2,1H3,(H,25,26)/b14-11+. The van der Waals surface area contributed by atoms with Crippen molar-refractivity contribution in [1.82, 2.24) is 9.78 Å². The highest BCUT2D eigenvalue weighted by Gasteiger charge is 2.20. The van der Waals surface area contributed by atoms with Crippen LogP contribution in [0.1, 0.15) is 63.6 Å². The van der Waals surface area contributed by atoms with Crippen LogP contribution in [-0.4, -0.2) is 27.5 Å². The largest absolute Gasteiger partial charge is 0.494 e. The summed E-state index contributed by atoms with van der Waals surface area (Å²) in [6, 6.07) is 10.5. The van der Waals surface area contributed by atoms with Gasteiger partial charge in [0.2, 0.25) is 0 Å². The van der Waals surface area contributed by atoms with E-state index in [4.69, 9.17) is 14.9 Å². The molecule has 0 amide bonds. The van der Waals surface area contributed by atoms with Crippen LogP contribution in [0.3, 0.4) is 0 Å². The Labute approximate surface area is 160 Å². The Bertz CT molecular complexity index is 771. The maximum Gasteiger partial charge on any atom is 0.328 e. The van der Waals surface area contributed by atoms with Crippen LogP contribution in [0.2, 0.25) is 0 Å². The molecular formula is C22H28N2O3. The Morgan fingerprint density at radius 2 is 2.00 bits per heavy atom. The van der Waals surface area contributed by atoms with Gasteiger partial charge >= 0.3 is 5.97 Å². The predicted octanol–water partition coefficient (Wildman–Crippen LogP) is 5.33. The average Bonchev–Trinajstić information content (AvgIpc) is 3.12. The number of carbonyl (C=O) groups is 1. The van der Waals surface area contributed by atoms with E-state index in [9.17, 15) is 4.79 Å². The lowest BCUT2D eigenvalue weighted by Crippen LogP contribution is -2.15. The summed E-state index contributed by atoms with van der Waals surface area (Å²) in [5.74, 6) is -0.0840. The van der Waals surface area contributed by atoms with E-state index in [1.54, 1.807) is 6.08 Å². The minimum absolute atomic E-state index is 0.376. The number of aliphatic carboxylic acids is 1. The molecule has 2 aromatic rings. The van der Waals surface area contributed by atoms with E-state index in [1.807, 2.05) is 18.2 Å². The van der Waals surface area contributed by atoms with Crippen LogP contribution in [-0.2, 0) is 4.79 Å². The number of carboxylic acid groups (broad SMARTS) is 1. The van der Waals surface area contributed by atoms with Crippen molar-refractivity contribution >= 4 is 12.0 Å². The fourth-order valence-corrected chi connectivity index (χ4v) is 3.53. The zero-order valence-electron chi connectivity index (χ0n) is 15.9. The molecule has 5 heteroatoms. The summed E-state index contributed by atoms with van der Waals surface area (Å²) in [7, 11) is 0. The monoisotopic (exact) mass is 368 g/mol. The van der Waals surface area contributed by atoms with Crippen LogP contribution in [0, 0.1) is 0 Å². The van der Waals surface area contributed by atoms with Crippen LogP contribution >= 0.6 is 0 Å². The normalized spacial score (nSPS) is 15.3. The molecule has 27 heavy (non-hydrogen) atoms. The van der Waals surface area contributed by atoms with E-state index >= 15 is 0 Å². The molecule has 0 radical (unpaired) electrons. The van der Waals surface area contributed by atoms with Crippen molar-refractivity contribution in [2.24, 2.45) is 0 Å². The maximum absolute atomic E-state index is 10.8. The first-order valence-electron chi connectivity index (χ1n) is 9.91. The molecule has 0 unspecified atom stereocenters. The first-order chi connectivity index (χ1) is 13.2. The van der Waals surface area contributed by atoms with Crippen molar-refractivity contribution in [1.29, 1.82) is 0 Å². The molecule has 0 bridgehead atoms. The third kappa shape index (κ3) is 5.22. The maximum atomic E-state index is 10.8. The van der Waals surface area contributed by atoms with Gasteiger partial charge < -0.3 is 9.84 Å². The lowest BCUT2D eigenvalue weighted by molar-refractivity contribution is -0.131. The summed E-state index contributed by atoms with van der Waals surface area (Å²) >= 11 is 0. The molecule has 1 aromatic carbocycles. The highest BCUT2D eigenvalue weighted by molar-refractivity contribution is 5.85. The summed E-state index contributed by atoms with van der Waals surface area (Å²) in [5.41, 5.74) is 2.79. The van der Waals surface area contributed by atoms with E-state index in [1.165, 1.54) is 19.3 Å². The first-order valence-corrected chi connectivity index (χ1v) is 9.91. The number of aromatic nitrogens is 2. The minimum atomic E-state index is -0.961. The number of carboxylic acids is 1. The average molecular weight is 368 g/mol. The van der Waals surface area contributed by atoms with Gasteiger partial charge in [-0.05, 0) is 55.7 Å². The Hall–Kier alpha value is -2.56. The summed E-state index contributed by atoms with van der Waals surface area (Å²) < 4.78 is 7.85. The van der Waals surface area contributed by atoms with Gasteiger partial charge in [-0.1, -0.05) is 32.6 Å². The van der Waals surface area contributed by atoms with Gasteiger partial charge in [-0.3, -0.25) is 4.68 Å². The molecule has 5 nitrogen and oxygen atoms in total. The molecule has 1 saturated carbocycles. The summed E-state index contributed by atoms with van der Waals surface area (Å²) in [6.07, 6.45) is 10.8. The van der Waals surface area contributed by atoms with Crippen molar-refractivity contribution in [3.63, 3.8) is 0 Å². The van der Waals surface area contributed by atoms with Gasteiger partial charge in [0.1, 0.15) is 5.75 Å². The summed E-state index contributed by atoms with van der Waals surface area (Å²) in [6.45, 7) is 2.88. The fraction of sp³-hybridized carbons (Fsp3) is 0.455. The second kappa shape index (κ2) is 9.40. The molecule has 1 heterocycles. The summed E-state index contributed by atoms with van der Waals surface area (Å²) in [4.78, 5) is 10.8. The van der Waals surface area contributed by atoms with Crippen molar-refractivity contribution in [3.8, 4) is 17.0 Å². The van der Waals surface area contributed by atoms with Gasteiger partial charge in [0.25, 0.3) is 0 Å². The van der Waals surface area contributed by atoms with Crippen molar-refractivity contribution in [2.75, 3.05) is 6.61 Å². The van der Waals surface area contributed by atoms with Crippen molar-refractivity contribution in [3.05, 3.63) is 42.1 Å². The number of hydrogen-bond acceptors (Lipinski definition) is 3. The highest BCUT2D eigenvalue weighted by atomic mass is 16.5. The molecule has 1 fully saturated rings. The Kier molecular flexibility index (Phi) is 6.69. The van der Waals surface area contributed by atoms with Gasteiger partial charge in [0.05, 0.1) is 24.0 Å². The molecule has 0 spiro atoms. The van der Waals surface area contributed by atoms with E-state index in [0.717, 1.165) is 55.4 Å². The zero-order valence-corrected chi connectivity index (χ0v) is 15.9. The van der Waals surface area contributed by atoms with Gasteiger partial charge in [0, 0.05) is 11.6 Å². The van der Waals surface area contributed by atoms with E-state index < -0.39 is 5.97 Å². The van der Waals surface area contributed by atoms with E-state index in [-0.39, 0.29) is 0 Å². The lowest BCUT2D eigenvalue weighted by atomic mass is 9.95. The summed E-state index contributed by atoms with van der Waals surface area (Å²) in [5, 5.41) is 13.6. The number of benzene rings is 1. The van der Waals surface area contributed by atoms with Crippen molar-refractivity contribution < 1.29 is 14.6 Å². The third-order valence-electron chi connectivity index (χ3n) is 4.99. The molecule has 3 rings (SSSR count).